The van der Waals surface area contributed by atoms with Crippen LogP contribution < -0.4 is 10.6 Å². The standard InChI is InChI=1S/C18H28N6/c1-24-18-15(12-21-24)17(20-11-9-14-8-4-5-10-19-14)22-16(23-18)13-6-2-3-7-13/h12-14,19H,2-11H2,1H3,(H,20,22,23)/t14-/m0/s1. The van der Waals surface area contributed by atoms with E-state index in [9.17, 15) is 0 Å². The molecule has 3 heterocycles. The van der Waals surface area contributed by atoms with Gasteiger partial charge in [0.15, 0.2) is 5.65 Å². The summed E-state index contributed by atoms with van der Waals surface area (Å²) in [7, 11) is 1.96. The fourth-order valence-corrected chi connectivity index (χ4v) is 4.08. The van der Waals surface area contributed by atoms with Crippen molar-refractivity contribution in [3.63, 3.8) is 0 Å². The summed E-state index contributed by atoms with van der Waals surface area (Å²) < 4.78 is 1.86. The molecule has 2 aromatic rings. The van der Waals surface area contributed by atoms with Gasteiger partial charge in [-0.25, -0.2) is 9.97 Å². The molecule has 0 spiro atoms. The predicted molar refractivity (Wildman–Crippen MR) is 96.3 cm³/mol. The molecular formula is C18H28N6. The lowest BCUT2D eigenvalue weighted by Crippen LogP contribution is -2.35. The molecule has 6 heteroatoms. The Hall–Kier alpha value is -1.69. The van der Waals surface area contributed by atoms with Crippen LogP contribution in [0.1, 0.15) is 63.1 Å². The van der Waals surface area contributed by atoms with Gasteiger partial charge in [0.1, 0.15) is 11.6 Å². The fourth-order valence-electron chi connectivity index (χ4n) is 4.08. The molecule has 2 fully saturated rings. The first-order chi connectivity index (χ1) is 11.8. The third-order valence-corrected chi connectivity index (χ3v) is 5.53. The van der Waals surface area contributed by atoms with E-state index in [1.165, 1.54) is 44.9 Å². The van der Waals surface area contributed by atoms with Gasteiger partial charge in [0.25, 0.3) is 0 Å². The third kappa shape index (κ3) is 3.24. The minimum Gasteiger partial charge on any atom is -0.369 e. The Morgan fingerprint density at radius 2 is 2.00 bits per heavy atom. The summed E-state index contributed by atoms with van der Waals surface area (Å²) in [6.07, 6.45) is 12.0. The summed E-state index contributed by atoms with van der Waals surface area (Å²) in [6.45, 7) is 2.11. The van der Waals surface area contributed by atoms with Gasteiger partial charge in [-0.2, -0.15) is 5.10 Å². The van der Waals surface area contributed by atoms with E-state index in [0.717, 1.165) is 42.2 Å². The smallest absolute Gasteiger partial charge is 0.163 e. The second-order valence-corrected chi connectivity index (χ2v) is 7.28. The lowest BCUT2D eigenvalue weighted by Gasteiger charge is -2.23. The Morgan fingerprint density at radius 1 is 1.17 bits per heavy atom. The second kappa shape index (κ2) is 7.05. The molecule has 1 saturated carbocycles. The van der Waals surface area contributed by atoms with Crippen molar-refractivity contribution in [3.8, 4) is 0 Å². The Labute approximate surface area is 143 Å². The molecule has 0 unspecified atom stereocenters. The van der Waals surface area contributed by atoms with Crippen LogP contribution in [0.5, 0.6) is 0 Å². The zero-order chi connectivity index (χ0) is 16.4. The minimum absolute atomic E-state index is 0.518. The van der Waals surface area contributed by atoms with Crippen LogP contribution in [-0.2, 0) is 7.05 Å². The van der Waals surface area contributed by atoms with Crippen LogP contribution in [0.3, 0.4) is 0 Å². The molecule has 1 atom stereocenters. The molecule has 4 rings (SSSR count). The van der Waals surface area contributed by atoms with Crippen molar-refractivity contribution in [2.45, 2.75) is 63.3 Å². The number of nitrogens with zero attached hydrogens (tertiary/aromatic N) is 4. The number of rotatable bonds is 5. The molecule has 0 radical (unpaired) electrons. The molecule has 1 aliphatic heterocycles. The topological polar surface area (TPSA) is 67.7 Å². The van der Waals surface area contributed by atoms with Crippen molar-refractivity contribution in [1.82, 2.24) is 25.1 Å². The van der Waals surface area contributed by atoms with Gasteiger partial charge in [-0.1, -0.05) is 19.3 Å². The summed E-state index contributed by atoms with van der Waals surface area (Å²) in [6, 6.07) is 0.645. The lowest BCUT2D eigenvalue weighted by molar-refractivity contribution is 0.389. The van der Waals surface area contributed by atoms with Crippen LogP contribution in [0.25, 0.3) is 11.0 Å². The molecule has 130 valence electrons. The molecule has 1 aliphatic carbocycles. The molecule has 0 bridgehead atoms. The Morgan fingerprint density at radius 3 is 2.79 bits per heavy atom. The molecule has 1 saturated heterocycles. The quantitative estimate of drug-likeness (QED) is 0.883. The fraction of sp³-hybridized carbons (Fsp3) is 0.722. The van der Waals surface area contributed by atoms with Crippen LogP contribution in [0.15, 0.2) is 6.20 Å². The minimum atomic E-state index is 0.518. The van der Waals surface area contributed by atoms with Crippen LogP contribution in [-0.4, -0.2) is 38.9 Å². The highest BCUT2D eigenvalue weighted by Crippen LogP contribution is 2.34. The highest BCUT2D eigenvalue weighted by atomic mass is 15.3. The SMILES string of the molecule is Cn1ncc2c(NCC[C@@H]3CCCCN3)nc(C3CCCC3)nc21. The van der Waals surface area contributed by atoms with Gasteiger partial charge in [-0.3, -0.25) is 4.68 Å². The van der Waals surface area contributed by atoms with Crippen LogP contribution >= 0.6 is 0 Å². The van der Waals surface area contributed by atoms with Gasteiger partial charge >= 0.3 is 0 Å². The van der Waals surface area contributed by atoms with Gasteiger partial charge in [0.05, 0.1) is 11.6 Å². The van der Waals surface area contributed by atoms with E-state index < -0.39 is 0 Å². The third-order valence-electron chi connectivity index (χ3n) is 5.53. The molecule has 24 heavy (non-hydrogen) atoms. The maximum absolute atomic E-state index is 4.88. The zero-order valence-electron chi connectivity index (χ0n) is 14.6. The normalized spacial score (nSPS) is 22.3. The number of anilines is 1. The van der Waals surface area contributed by atoms with E-state index in [-0.39, 0.29) is 0 Å². The molecule has 2 aromatic heterocycles. The van der Waals surface area contributed by atoms with Crippen LogP contribution in [0.4, 0.5) is 5.82 Å². The molecular weight excluding hydrogens is 300 g/mol. The number of aryl methyl sites for hydroxylation is 1. The molecule has 2 N–H and O–H groups in total. The van der Waals surface area contributed by atoms with Gasteiger partial charge in [-0.15, -0.1) is 0 Å². The van der Waals surface area contributed by atoms with E-state index in [4.69, 9.17) is 9.97 Å². The van der Waals surface area contributed by atoms with E-state index >= 15 is 0 Å². The molecule has 2 aliphatic rings. The molecule has 6 nitrogen and oxygen atoms in total. The van der Waals surface area contributed by atoms with Crippen molar-refractivity contribution >= 4 is 16.9 Å². The van der Waals surface area contributed by atoms with E-state index in [1.807, 2.05) is 17.9 Å². The Bertz CT molecular complexity index is 682. The van der Waals surface area contributed by atoms with Gasteiger partial charge in [-0.05, 0) is 38.6 Å². The van der Waals surface area contributed by atoms with E-state index in [1.54, 1.807) is 0 Å². The largest absolute Gasteiger partial charge is 0.369 e. The highest BCUT2D eigenvalue weighted by molar-refractivity contribution is 5.86. The lowest BCUT2D eigenvalue weighted by atomic mass is 10.0. The summed E-state index contributed by atoms with van der Waals surface area (Å²) >= 11 is 0. The summed E-state index contributed by atoms with van der Waals surface area (Å²) in [4.78, 5) is 9.70. The van der Waals surface area contributed by atoms with Crippen molar-refractivity contribution < 1.29 is 0 Å². The number of piperidine rings is 1. The van der Waals surface area contributed by atoms with E-state index in [0.29, 0.717) is 12.0 Å². The maximum Gasteiger partial charge on any atom is 0.163 e. The Kier molecular flexibility index (Phi) is 4.65. The number of aromatic nitrogens is 4. The number of fused-ring (bicyclic) bond motifs is 1. The monoisotopic (exact) mass is 328 g/mol. The van der Waals surface area contributed by atoms with Crippen LogP contribution in [0.2, 0.25) is 0 Å². The van der Waals surface area contributed by atoms with Crippen molar-refractivity contribution in [2.75, 3.05) is 18.4 Å². The zero-order valence-corrected chi connectivity index (χ0v) is 14.6. The highest BCUT2D eigenvalue weighted by Gasteiger charge is 2.22. The van der Waals surface area contributed by atoms with E-state index in [2.05, 4.69) is 15.7 Å². The number of hydrogen-bond donors (Lipinski definition) is 2. The molecule has 0 aromatic carbocycles. The first-order valence-corrected chi connectivity index (χ1v) is 9.48. The summed E-state index contributed by atoms with van der Waals surface area (Å²) in [5.74, 6) is 2.48. The van der Waals surface area contributed by atoms with Crippen LogP contribution in [0, 0.1) is 0 Å². The van der Waals surface area contributed by atoms with Gasteiger partial charge in [0, 0.05) is 25.6 Å². The maximum atomic E-state index is 4.88. The predicted octanol–water partition coefficient (Wildman–Crippen LogP) is 2.97. The Balaban J connectivity index is 1.51. The number of hydrogen-bond acceptors (Lipinski definition) is 5. The second-order valence-electron chi connectivity index (χ2n) is 7.28. The van der Waals surface area contributed by atoms with Crippen molar-refractivity contribution in [2.24, 2.45) is 7.05 Å². The van der Waals surface area contributed by atoms with Crippen molar-refractivity contribution in [1.29, 1.82) is 0 Å². The average molecular weight is 328 g/mol. The first kappa shape index (κ1) is 15.8. The summed E-state index contributed by atoms with van der Waals surface area (Å²) in [5, 5.41) is 12.6. The summed E-state index contributed by atoms with van der Waals surface area (Å²) in [5.41, 5.74) is 0.949. The van der Waals surface area contributed by atoms with Gasteiger partial charge in [0.2, 0.25) is 0 Å². The number of nitrogens with one attached hydrogen (secondary N) is 2. The first-order valence-electron chi connectivity index (χ1n) is 9.48. The molecule has 0 amide bonds. The average Bonchev–Trinajstić information content (AvgIpc) is 3.26. The van der Waals surface area contributed by atoms with Crippen molar-refractivity contribution in [3.05, 3.63) is 12.0 Å². The van der Waals surface area contributed by atoms with Gasteiger partial charge < -0.3 is 10.6 Å².